The normalized spacial score (nSPS) is 13.8. The zero-order valence-corrected chi connectivity index (χ0v) is 11.5. The van der Waals surface area contributed by atoms with Gasteiger partial charge >= 0.3 is 18.4 Å². The molecule has 1 aromatic carbocycles. The zero-order valence-electron chi connectivity index (χ0n) is 10.7. The number of quaternary nitrogens is 1. The molecule has 1 atom stereocenters. The fourth-order valence-corrected chi connectivity index (χ4v) is 1.61. The Morgan fingerprint density at radius 3 is 2.17 bits per heavy atom. The van der Waals surface area contributed by atoms with Gasteiger partial charge in [0.1, 0.15) is 5.69 Å². The van der Waals surface area contributed by atoms with E-state index in [1.54, 1.807) is 5.32 Å². The van der Waals surface area contributed by atoms with E-state index < -0.39 is 41.0 Å². The SMILES string of the molecule is O=C(Nc1ccc(Cl)cc1[NH+]([O-])O)NC(C(F)(F)F)C(F)(F)F. The highest BCUT2D eigenvalue weighted by atomic mass is 35.5. The second-order valence-electron chi connectivity index (χ2n) is 4.11. The van der Waals surface area contributed by atoms with Gasteiger partial charge in [0.05, 0.1) is 0 Å². The highest BCUT2D eigenvalue weighted by molar-refractivity contribution is 6.31. The zero-order chi connectivity index (χ0) is 18.0. The maximum Gasteiger partial charge on any atom is 0.417 e. The van der Waals surface area contributed by atoms with Crippen LogP contribution in [0.5, 0.6) is 0 Å². The number of alkyl halides is 6. The fourth-order valence-electron chi connectivity index (χ4n) is 1.44. The first-order chi connectivity index (χ1) is 10.3. The van der Waals surface area contributed by atoms with E-state index in [1.165, 1.54) is 0 Å². The quantitative estimate of drug-likeness (QED) is 0.488. The molecule has 2 amide bonds. The summed E-state index contributed by atoms with van der Waals surface area (Å²) < 4.78 is 73.8. The molecule has 13 heteroatoms. The van der Waals surface area contributed by atoms with Gasteiger partial charge in [0.25, 0.3) is 0 Å². The summed E-state index contributed by atoms with van der Waals surface area (Å²) in [7, 11) is 0. The van der Waals surface area contributed by atoms with Crippen LogP contribution in [0.2, 0.25) is 5.02 Å². The van der Waals surface area contributed by atoms with Crippen molar-refractivity contribution in [3.63, 3.8) is 0 Å². The Bertz CT molecular complexity index is 564. The summed E-state index contributed by atoms with van der Waals surface area (Å²) in [6, 6.07) is -3.11. The van der Waals surface area contributed by atoms with E-state index in [0.29, 0.717) is 5.32 Å². The number of hydrogen-bond donors (Lipinski definition) is 4. The van der Waals surface area contributed by atoms with Crippen LogP contribution in [0.3, 0.4) is 0 Å². The van der Waals surface area contributed by atoms with Crippen LogP contribution in [0.1, 0.15) is 0 Å². The topological polar surface area (TPSA) is 88.9 Å². The largest absolute Gasteiger partial charge is 0.595 e. The van der Waals surface area contributed by atoms with Crippen LogP contribution >= 0.6 is 11.6 Å². The van der Waals surface area contributed by atoms with Crippen molar-refractivity contribution in [2.24, 2.45) is 0 Å². The fraction of sp³-hybridized carbons (Fsp3) is 0.300. The van der Waals surface area contributed by atoms with E-state index in [1.807, 2.05) is 0 Å². The van der Waals surface area contributed by atoms with Crippen LogP contribution in [0.25, 0.3) is 0 Å². The molecule has 1 unspecified atom stereocenters. The van der Waals surface area contributed by atoms with Crippen molar-refractivity contribution < 1.29 is 41.6 Å². The van der Waals surface area contributed by atoms with Gasteiger partial charge in [-0.25, -0.2) is 10.0 Å². The van der Waals surface area contributed by atoms with E-state index in [2.05, 4.69) is 0 Å². The molecule has 0 saturated carbocycles. The molecule has 1 aromatic rings. The number of urea groups is 1. The average molecular weight is 368 g/mol. The van der Waals surface area contributed by atoms with Crippen molar-refractivity contribution in [2.45, 2.75) is 18.4 Å². The molecule has 1 rings (SSSR count). The van der Waals surface area contributed by atoms with E-state index in [0.717, 1.165) is 18.2 Å². The van der Waals surface area contributed by atoms with Crippen LogP contribution < -0.4 is 15.9 Å². The van der Waals surface area contributed by atoms with Gasteiger partial charge in [0.2, 0.25) is 6.04 Å². The number of halogens is 7. The Balaban J connectivity index is 2.96. The Morgan fingerprint density at radius 2 is 1.74 bits per heavy atom. The molecule has 0 saturated heterocycles. The number of benzene rings is 1. The van der Waals surface area contributed by atoms with Crippen LogP contribution in [-0.2, 0) is 0 Å². The minimum absolute atomic E-state index is 0.0585. The molecule has 4 N–H and O–H groups in total. The van der Waals surface area contributed by atoms with Crippen molar-refractivity contribution >= 4 is 29.0 Å². The van der Waals surface area contributed by atoms with Gasteiger partial charge < -0.3 is 15.8 Å². The van der Waals surface area contributed by atoms with E-state index in [-0.39, 0.29) is 5.02 Å². The number of amides is 2. The van der Waals surface area contributed by atoms with E-state index in [9.17, 15) is 36.3 Å². The molecule has 0 fully saturated rings. The Labute approximate surface area is 129 Å². The van der Waals surface area contributed by atoms with Crippen LogP contribution in [0.4, 0.5) is 42.5 Å². The smallest absolute Gasteiger partial charge is 0.417 e. The van der Waals surface area contributed by atoms with Gasteiger partial charge in [-0.3, -0.25) is 0 Å². The van der Waals surface area contributed by atoms with E-state index in [4.69, 9.17) is 16.8 Å². The molecule has 23 heavy (non-hydrogen) atoms. The van der Waals surface area contributed by atoms with Crippen molar-refractivity contribution in [3.05, 3.63) is 28.4 Å². The lowest BCUT2D eigenvalue weighted by Gasteiger charge is -2.24. The molecule has 0 radical (unpaired) electrons. The first-order valence-corrected chi connectivity index (χ1v) is 5.94. The molecule has 0 aliphatic carbocycles. The summed E-state index contributed by atoms with van der Waals surface area (Å²) in [5.41, 5.74) is -1.13. The standard InChI is InChI=1S/C10H8ClF6N3O3/c11-4-1-2-5(6(3-4)20(22)23)18-8(21)19-7(9(12,13)14)10(15,16)17/h1-3,7,20,22H,(H2,18,19,21). The van der Waals surface area contributed by atoms with Crippen LogP contribution in [-0.4, -0.2) is 29.6 Å². The lowest BCUT2D eigenvalue weighted by Crippen LogP contribution is -2.99. The van der Waals surface area contributed by atoms with Crippen molar-refractivity contribution in [1.29, 1.82) is 0 Å². The Kier molecular flexibility index (Phi) is 5.69. The molecule has 0 aliphatic heterocycles. The first-order valence-electron chi connectivity index (χ1n) is 5.56. The number of nitrogens with one attached hydrogen (secondary N) is 3. The second kappa shape index (κ2) is 6.78. The van der Waals surface area contributed by atoms with Crippen molar-refractivity contribution in [2.75, 3.05) is 5.32 Å². The third kappa shape index (κ3) is 5.42. The van der Waals surface area contributed by atoms with Gasteiger partial charge in [0.15, 0.2) is 5.69 Å². The summed E-state index contributed by atoms with van der Waals surface area (Å²) in [5, 5.41) is 20.4. The van der Waals surface area contributed by atoms with Crippen LogP contribution in [0.15, 0.2) is 18.2 Å². The highest BCUT2D eigenvalue weighted by Crippen LogP contribution is 2.33. The average Bonchev–Trinajstić information content (AvgIpc) is 2.35. The number of anilines is 1. The molecule has 0 bridgehead atoms. The minimum atomic E-state index is -5.77. The molecule has 0 aromatic heterocycles. The lowest BCUT2D eigenvalue weighted by molar-refractivity contribution is -0.990. The number of rotatable bonds is 3. The third-order valence-electron chi connectivity index (χ3n) is 2.39. The van der Waals surface area contributed by atoms with E-state index >= 15 is 0 Å². The predicted octanol–water partition coefficient (Wildman–Crippen LogP) is 2.36. The molecule has 0 spiro atoms. The van der Waals surface area contributed by atoms with Gasteiger partial charge in [-0.15, -0.1) is 0 Å². The molecule has 130 valence electrons. The highest BCUT2D eigenvalue weighted by Gasteiger charge is 2.57. The maximum atomic E-state index is 12.3. The predicted molar refractivity (Wildman–Crippen MR) is 65.3 cm³/mol. The molecular weight excluding hydrogens is 360 g/mol. The second-order valence-corrected chi connectivity index (χ2v) is 4.55. The summed E-state index contributed by atoms with van der Waals surface area (Å²) in [5.74, 6) is 0. The Hall–Kier alpha value is -1.76. The van der Waals surface area contributed by atoms with Gasteiger partial charge in [-0.05, 0) is 12.1 Å². The monoisotopic (exact) mass is 367 g/mol. The van der Waals surface area contributed by atoms with Crippen LogP contribution in [0, 0.1) is 5.21 Å². The molecular formula is C10H8ClF6N3O3. The van der Waals surface area contributed by atoms with Gasteiger partial charge in [-0.1, -0.05) is 11.6 Å². The van der Waals surface area contributed by atoms with Gasteiger partial charge in [-0.2, -0.15) is 31.6 Å². The summed E-state index contributed by atoms with van der Waals surface area (Å²) in [4.78, 5) is 11.3. The van der Waals surface area contributed by atoms with Crippen molar-refractivity contribution in [1.82, 2.24) is 5.32 Å². The summed E-state index contributed by atoms with van der Waals surface area (Å²) >= 11 is 5.51. The Morgan fingerprint density at radius 1 is 1.22 bits per heavy atom. The number of carbonyl (C=O) groups is 1. The molecule has 0 heterocycles. The summed E-state index contributed by atoms with van der Waals surface area (Å²) in [6.07, 6.45) is -11.5. The maximum absolute atomic E-state index is 12.3. The molecule has 6 nitrogen and oxygen atoms in total. The number of hydrogen-bond acceptors (Lipinski definition) is 3. The minimum Gasteiger partial charge on any atom is -0.595 e. The number of carbonyl (C=O) groups excluding carboxylic acids is 1. The first kappa shape index (κ1) is 19.3. The van der Waals surface area contributed by atoms with Crippen molar-refractivity contribution in [3.8, 4) is 0 Å². The summed E-state index contributed by atoms with van der Waals surface area (Å²) in [6.45, 7) is 0. The lowest BCUT2D eigenvalue weighted by atomic mass is 10.2. The van der Waals surface area contributed by atoms with Gasteiger partial charge in [0, 0.05) is 11.1 Å². The molecule has 0 aliphatic rings. The third-order valence-corrected chi connectivity index (χ3v) is 2.63.